The molecule has 0 bridgehead atoms. The SMILES string of the molecule is CSCc1c(C(=O)CC(=O)C2CC2)ccc(Cl)c1Br. The zero-order chi connectivity index (χ0) is 14.0. The van der Waals surface area contributed by atoms with E-state index in [0.29, 0.717) is 16.3 Å². The van der Waals surface area contributed by atoms with E-state index < -0.39 is 0 Å². The third-order valence-electron chi connectivity index (χ3n) is 3.15. The molecule has 0 amide bonds. The second-order valence-electron chi connectivity index (χ2n) is 4.66. The molecule has 1 fully saturated rings. The van der Waals surface area contributed by atoms with Crippen molar-refractivity contribution in [2.45, 2.75) is 25.0 Å². The monoisotopic (exact) mass is 360 g/mol. The summed E-state index contributed by atoms with van der Waals surface area (Å²) in [7, 11) is 0. The van der Waals surface area contributed by atoms with Gasteiger partial charge in [-0.2, -0.15) is 11.8 Å². The van der Waals surface area contributed by atoms with Crippen molar-refractivity contribution in [3.63, 3.8) is 0 Å². The summed E-state index contributed by atoms with van der Waals surface area (Å²) in [5.74, 6) is 0.799. The first-order valence-electron chi connectivity index (χ1n) is 6.06. The molecule has 102 valence electrons. The number of ketones is 2. The van der Waals surface area contributed by atoms with Crippen LogP contribution in [0, 0.1) is 5.92 Å². The lowest BCUT2D eigenvalue weighted by Crippen LogP contribution is -2.12. The van der Waals surface area contributed by atoms with E-state index >= 15 is 0 Å². The fourth-order valence-corrected chi connectivity index (χ4v) is 3.38. The van der Waals surface area contributed by atoms with Crippen LogP contribution in [0.3, 0.4) is 0 Å². The Kier molecular flexibility index (Phi) is 5.09. The van der Waals surface area contributed by atoms with Crippen LogP contribution in [0.1, 0.15) is 35.2 Å². The van der Waals surface area contributed by atoms with E-state index in [1.165, 1.54) is 0 Å². The summed E-state index contributed by atoms with van der Waals surface area (Å²) in [6.07, 6.45) is 3.86. The molecule has 1 aliphatic rings. The predicted molar refractivity (Wildman–Crippen MR) is 83.0 cm³/mol. The molecule has 1 saturated carbocycles. The number of hydrogen-bond acceptors (Lipinski definition) is 3. The summed E-state index contributed by atoms with van der Waals surface area (Å²) in [6, 6.07) is 3.42. The number of carbonyl (C=O) groups is 2. The van der Waals surface area contributed by atoms with Gasteiger partial charge in [0.2, 0.25) is 0 Å². The van der Waals surface area contributed by atoms with E-state index in [1.807, 2.05) is 6.26 Å². The van der Waals surface area contributed by atoms with E-state index in [1.54, 1.807) is 23.9 Å². The van der Waals surface area contributed by atoms with Gasteiger partial charge in [0.15, 0.2) is 5.78 Å². The van der Waals surface area contributed by atoms with Gasteiger partial charge in [-0.3, -0.25) is 9.59 Å². The largest absolute Gasteiger partial charge is 0.299 e. The van der Waals surface area contributed by atoms with E-state index in [0.717, 1.165) is 22.9 Å². The maximum absolute atomic E-state index is 12.3. The van der Waals surface area contributed by atoms with Crippen molar-refractivity contribution in [1.82, 2.24) is 0 Å². The molecular weight excluding hydrogens is 348 g/mol. The standard InChI is InChI=1S/C14H14BrClO2S/c1-19-7-10-9(4-5-11(16)14(10)15)13(18)6-12(17)8-2-3-8/h4-5,8H,2-3,6-7H2,1H3. The van der Waals surface area contributed by atoms with Crippen molar-refractivity contribution in [2.24, 2.45) is 5.92 Å². The van der Waals surface area contributed by atoms with Crippen LogP contribution in [-0.2, 0) is 10.5 Å². The molecule has 0 radical (unpaired) electrons. The van der Waals surface area contributed by atoms with Crippen LogP contribution in [0.4, 0.5) is 0 Å². The number of thioether (sulfide) groups is 1. The van der Waals surface area contributed by atoms with Gasteiger partial charge in [0, 0.05) is 21.7 Å². The first-order chi connectivity index (χ1) is 9.04. The Bertz CT molecular complexity index is 526. The zero-order valence-electron chi connectivity index (χ0n) is 10.5. The van der Waals surface area contributed by atoms with Crippen molar-refractivity contribution in [2.75, 3.05) is 6.26 Å². The number of hydrogen-bond donors (Lipinski definition) is 0. The van der Waals surface area contributed by atoms with Crippen molar-refractivity contribution in [1.29, 1.82) is 0 Å². The van der Waals surface area contributed by atoms with Gasteiger partial charge in [-0.1, -0.05) is 11.6 Å². The Balaban J connectivity index is 2.24. The van der Waals surface area contributed by atoms with Crippen molar-refractivity contribution < 1.29 is 9.59 Å². The molecule has 0 atom stereocenters. The van der Waals surface area contributed by atoms with E-state index in [-0.39, 0.29) is 23.9 Å². The highest BCUT2D eigenvalue weighted by Crippen LogP contribution is 2.34. The number of benzene rings is 1. The highest BCUT2D eigenvalue weighted by Gasteiger charge is 2.31. The summed E-state index contributed by atoms with van der Waals surface area (Å²) in [5.41, 5.74) is 1.49. The smallest absolute Gasteiger partial charge is 0.170 e. The molecule has 2 rings (SSSR count). The molecular formula is C14H14BrClO2S. The topological polar surface area (TPSA) is 34.1 Å². The molecule has 0 heterocycles. The van der Waals surface area contributed by atoms with Gasteiger partial charge in [0.05, 0.1) is 11.4 Å². The Morgan fingerprint density at radius 1 is 1.42 bits per heavy atom. The zero-order valence-corrected chi connectivity index (χ0v) is 13.7. The summed E-state index contributed by atoms with van der Waals surface area (Å²) >= 11 is 11.1. The van der Waals surface area contributed by atoms with Gasteiger partial charge in [0.25, 0.3) is 0 Å². The Morgan fingerprint density at radius 3 is 2.68 bits per heavy atom. The minimum atomic E-state index is -0.0988. The number of rotatable bonds is 6. The van der Waals surface area contributed by atoms with Crippen LogP contribution in [0.25, 0.3) is 0 Å². The first kappa shape index (κ1) is 15.1. The fourth-order valence-electron chi connectivity index (χ4n) is 1.94. The molecule has 1 aromatic carbocycles. The Labute approximate surface area is 130 Å². The molecule has 1 aromatic rings. The number of halogens is 2. The molecule has 0 N–H and O–H groups in total. The molecule has 2 nitrogen and oxygen atoms in total. The highest BCUT2D eigenvalue weighted by molar-refractivity contribution is 9.10. The van der Waals surface area contributed by atoms with Crippen molar-refractivity contribution in [3.8, 4) is 0 Å². The summed E-state index contributed by atoms with van der Waals surface area (Å²) in [5, 5.41) is 0.592. The lowest BCUT2D eigenvalue weighted by atomic mass is 10.00. The maximum atomic E-state index is 12.3. The van der Waals surface area contributed by atoms with Gasteiger partial charge in [-0.15, -0.1) is 0 Å². The lowest BCUT2D eigenvalue weighted by molar-refractivity contribution is -0.119. The second-order valence-corrected chi connectivity index (χ2v) is 6.73. The first-order valence-corrected chi connectivity index (χ1v) is 8.62. The van der Waals surface area contributed by atoms with Crippen molar-refractivity contribution >= 4 is 50.9 Å². The molecule has 5 heteroatoms. The summed E-state index contributed by atoms with van der Waals surface area (Å²) < 4.78 is 0.758. The van der Waals surface area contributed by atoms with Gasteiger partial charge in [-0.25, -0.2) is 0 Å². The molecule has 1 aliphatic carbocycles. The second kappa shape index (κ2) is 6.42. The Hall–Kier alpha value is -0.320. The van der Waals surface area contributed by atoms with E-state index in [9.17, 15) is 9.59 Å². The quantitative estimate of drug-likeness (QED) is 0.552. The molecule has 19 heavy (non-hydrogen) atoms. The average molecular weight is 362 g/mol. The number of carbonyl (C=O) groups excluding carboxylic acids is 2. The molecule has 0 aromatic heterocycles. The van der Waals surface area contributed by atoms with Crippen LogP contribution in [0.5, 0.6) is 0 Å². The third-order valence-corrected chi connectivity index (χ3v) is 5.18. The number of Topliss-reactive ketones (excluding diaryl/α,β-unsaturated/α-hetero) is 2. The van der Waals surface area contributed by atoms with Crippen molar-refractivity contribution in [3.05, 3.63) is 32.8 Å². The van der Waals surface area contributed by atoms with Gasteiger partial charge < -0.3 is 0 Å². The Morgan fingerprint density at radius 2 is 2.11 bits per heavy atom. The normalized spacial score (nSPS) is 14.5. The minimum Gasteiger partial charge on any atom is -0.299 e. The minimum absolute atomic E-state index is 0.0140. The van der Waals surface area contributed by atoms with Crippen LogP contribution < -0.4 is 0 Å². The van der Waals surface area contributed by atoms with Gasteiger partial charge in [-0.05, 0) is 52.7 Å². The summed E-state index contributed by atoms with van der Waals surface area (Å²) in [4.78, 5) is 24.0. The third kappa shape index (κ3) is 3.61. The summed E-state index contributed by atoms with van der Waals surface area (Å²) in [6.45, 7) is 0. The molecule has 0 unspecified atom stereocenters. The van der Waals surface area contributed by atoms with E-state index in [2.05, 4.69) is 15.9 Å². The molecule has 0 saturated heterocycles. The maximum Gasteiger partial charge on any atom is 0.170 e. The molecule has 0 spiro atoms. The lowest BCUT2D eigenvalue weighted by Gasteiger charge is -2.11. The van der Waals surface area contributed by atoms with Gasteiger partial charge in [0.1, 0.15) is 5.78 Å². The van der Waals surface area contributed by atoms with Crippen LogP contribution >= 0.6 is 39.3 Å². The average Bonchev–Trinajstić information content (AvgIpc) is 3.19. The molecule has 0 aliphatic heterocycles. The van der Waals surface area contributed by atoms with E-state index in [4.69, 9.17) is 11.6 Å². The van der Waals surface area contributed by atoms with Gasteiger partial charge >= 0.3 is 0 Å². The van der Waals surface area contributed by atoms with Crippen LogP contribution in [0.15, 0.2) is 16.6 Å². The highest BCUT2D eigenvalue weighted by atomic mass is 79.9. The van der Waals surface area contributed by atoms with Crippen LogP contribution in [0.2, 0.25) is 5.02 Å². The van der Waals surface area contributed by atoms with Crippen LogP contribution in [-0.4, -0.2) is 17.8 Å². The fraction of sp³-hybridized carbons (Fsp3) is 0.429. The predicted octanol–water partition coefficient (Wildman–Crippen LogP) is 4.52.